The van der Waals surface area contributed by atoms with Crippen LogP contribution in [-0.2, 0) is 0 Å². The maximum Gasteiger partial charge on any atom is 0.124 e. The first kappa shape index (κ1) is 22.8. The lowest BCUT2D eigenvalue weighted by Crippen LogP contribution is -2.45. The van der Waals surface area contributed by atoms with E-state index < -0.39 is 0 Å². The van der Waals surface area contributed by atoms with Crippen molar-refractivity contribution >= 4 is 35.6 Å². The molecule has 5 heteroatoms. The van der Waals surface area contributed by atoms with E-state index in [4.69, 9.17) is 4.74 Å². The van der Waals surface area contributed by atoms with Crippen LogP contribution in [0.2, 0.25) is 0 Å². The maximum atomic E-state index is 6.03. The molecule has 0 aromatic heterocycles. The third-order valence-corrected chi connectivity index (χ3v) is 4.80. The van der Waals surface area contributed by atoms with Crippen molar-refractivity contribution in [3.63, 3.8) is 0 Å². The van der Waals surface area contributed by atoms with Crippen LogP contribution in [0.3, 0.4) is 0 Å². The van der Waals surface area contributed by atoms with E-state index in [9.17, 15) is 0 Å². The fourth-order valence-corrected chi connectivity index (χ4v) is 3.68. The predicted octanol–water partition coefficient (Wildman–Crippen LogP) is 4.99. The summed E-state index contributed by atoms with van der Waals surface area (Å²) in [7, 11) is 0. The normalized spacial score (nSPS) is 15.6. The highest BCUT2D eigenvalue weighted by Crippen LogP contribution is 2.38. The molecule has 3 nitrogen and oxygen atoms in total. The van der Waals surface area contributed by atoms with Crippen LogP contribution >= 0.6 is 24.8 Å². The Morgan fingerprint density at radius 3 is 2.58 bits per heavy atom. The van der Waals surface area contributed by atoms with E-state index in [-0.39, 0.29) is 24.8 Å². The summed E-state index contributed by atoms with van der Waals surface area (Å²) in [5.74, 6) is 1.03. The van der Waals surface area contributed by atoms with Crippen molar-refractivity contribution in [3.05, 3.63) is 54.6 Å². The van der Waals surface area contributed by atoms with Gasteiger partial charge in [-0.3, -0.25) is 4.90 Å². The molecule has 1 heterocycles. The second-order valence-corrected chi connectivity index (χ2v) is 6.30. The van der Waals surface area contributed by atoms with Gasteiger partial charge in [-0.1, -0.05) is 36.4 Å². The first-order valence-electron chi connectivity index (χ1n) is 9.05. The summed E-state index contributed by atoms with van der Waals surface area (Å²) in [5.41, 5.74) is 1.35. The molecular weight excluding hydrogens is 367 g/mol. The molecule has 0 spiro atoms. The van der Waals surface area contributed by atoms with Crippen LogP contribution in [0.15, 0.2) is 49.1 Å². The zero-order chi connectivity index (χ0) is 16.8. The van der Waals surface area contributed by atoms with Gasteiger partial charge in [-0.2, -0.15) is 0 Å². The van der Waals surface area contributed by atoms with Gasteiger partial charge < -0.3 is 10.1 Å². The number of benzene rings is 2. The van der Waals surface area contributed by atoms with Gasteiger partial charge in [-0.25, -0.2) is 0 Å². The van der Waals surface area contributed by atoms with Gasteiger partial charge in [0.2, 0.25) is 0 Å². The Labute approximate surface area is 169 Å². The summed E-state index contributed by atoms with van der Waals surface area (Å²) in [6.07, 6.45) is 4.13. The van der Waals surface area contributed by atoms with Crippen LogP contribution in [-0.4, -0.2) is 37.7 Å². The molecular formula is C21H30Cl2N2O. The van der Waals surface area contributed by atoms with Gasteiger partial charge in [0.25, 0.3) is 0 Å². The average molecular weight is 397 g/mol. The van der Waals surface area contributed by atoms with Gasteiger partial charge in [0.15, 0.2) is 0 Å². The standard InChI is InChI=1S/C21H28N2O.2ClH/c1-3-5-10-19(23-15-13-22-14-16-23)21-18-9-7-6-8-17(18)11-12-20(21)24-4-2;;/h3,6-9,11-12,19,22H,1,4-5,10,13-16H2,2H3;2*1H/t19-;;/m0../s1. The van der Waals surface area contributed by atoms with Gasteiger partial charge in [-0.15, -0.1) is 31.4 Å². The zero-order valence-electron chi connectivity index (χ0n) is 15.4. The average Bonchev–Trinajstić information content (AvgIpc) is 2.64. The van der Waals surface area contributed by atoms with Gasteiger partial charge in [0, 0.05) is 37.8 Å². The minimum Gasteiger partial charge on any atom is -0.494 e. The Bertz CT molecular complexity index is 687. The zero-order valence-corrected chi connectivity index (χ0v) is 17.1. The number of nitrogens with zero attached hydrogens (tertiary/aromatic N) is 1. The fraction of sp³-hybridized carbons (Fsp3) is 0.429. The predicted molar refractivity (Wildman–Crippen MR) is 116 cm³/mol. The van der Waals surface area contributed by atoms with Gasteiger partial charge >= 0.3 is 0 Å². The number of hydrogen-bond acceptors (Lipinski definition) is 3. The summed E-state index contributed by atoms with van der Waals surface area (Å²) in [6, 6.07) is 13.3. The summed E-state index contributed by atoms with van der Waals surface area (Å²) in [4.78, 5) is 2.60. The minimum absolute atomic E-state index is 0. The van der Waals surface area contributed by atoms with Gasteiger partial charge in [0.1, 0.15) is 5.75 Å². The summed E-state index contributed by atoms with van der Waals surface area (Å²) in [6.45, 7) is 11.0. The first-order valence-corrected chi connectivity index (χ1v) is 9.05. The Kier molecular flexibility index (Phi) is 10.0. The van der Waals surface area contributed by atoms with Crippen LogP contribution in [0.5, 0.6) is 5.75 Å². The molecule has 1 aliphatic rings. The topological polar surface area (TPSA) is 24.5 Å². The molecule has 0 bridgehead atoms. The summed E-state index contributed by atoms with van der Waals surface area (Å²) in [5, 5.41) is 6.06. The van der Waals surface area contributed by atoms with Crippen molar-refractivity contribution in [1.82, 2.24) is 10.2 Å². The van der Waals surface area contributed by atoms with E-state index in [0.717, 1.165) is 44.8 Å². The Hall–Kier alpha value is -1.26. The smallest absolute Gasteiger partial charge is 0.124 e. The van der Waals surface area contributed by atoms with Crippen molar-refractivity contribution in [2.24, 2.45) is 0 Å². The number of piperazine rings is 1. The molecule has 0 amide bonds. The molecule has 0 radical (unpaired) electrons. The molecule has 1 saturated heterocycles. The van der Waals surface area contributed by atoms with E-state index in [0.29, 0.717) is 12.6 Å². The number of rotatable bonds is 7. The van der Waals surface area contributed by atoms with E-state index >= 15 is 0 Å². The second-order valence-electron chi connectivity index (χ2n) is 6.30. The number of hydrogen-bond donors (Lipinski definition) is 1. The van der Waals surface area contributed by atoms with Crippen molar-refractivity contribution in [2.45, 2.75) is 25.8 Å². The highest BCUT2D eigenvalue weighted by atomic mass is 35.5. The van der Waals surface area contributed by atoms with E-state index in [1.807, 2.05) is 6.08 Å². The molecule has 144 valence electrons. The molecule has 1 N–H and O–H groups in total. The molecule has 0 unspecified atom stereocenters. The van der Waals surface area contributed by atoms with Crippen molar-refractivity contribution in [1.29, 1.82) is 0 Å². The molecule has 26 heavy (non-hydrogen) atoms. The summed E-state index contributed by atoms with van der Waals surface area (Å²) < 4.78 is 6.03. The number of nitrogens with one attached hydrogen (secondary N) is 1. The Morgan fingerprint density at radius 1 is 1.15 bits per heavy atom. The Balaban J connectivity index is 0.00000169. The number of halogens is 2. The van der Waals surface area contributed by atoms with Crippen LogP contribution < -0.4 is 10.1 Å². The highest BCUT2D eigenvalue weighted by Gasteiger charge is 2.26. The van der Waals surface area contributed by atoms with Crippen LogP contribution in [0.1, 0.15) is 31.4 Å². The van der Waals surface area contributed by atoms with Crippen LogP contribution in [0, 0.1) is 0 Å². The molecule has 1 atom stereocenters. The molecule has 1 aliphatic heterocycles. The van der Waals surface area contributed by atoms with E-state index in [1.54, 1.807) is 0 Å². The largest absolute Gasteiger partial charge is 0.494 e. The summed E-state index contributed by atoms with van der Waals surface area (Å²) >= 11 is 0. The van der Waals surface area contributed by atoms with Gasteiger partial charge in [-0.05, 0) is 36.6 Å². The quantitative estimate of drug-likeness (QED) is 0.666. The van der Waals surface area contributed by atoms with Crippen molar-refractivity contribution < 1.29 is 4.74 Å². The molecule has 0 saturated carbocycles. The highest BCUT2D eigenvalue weighted by molar-refractivity contribution is 5.88. The third kappa shape index (κ3) is 5.14. The fourth-order valence-electron chi connectivity index (χ4n) is 3.68. The molecule has 2 aromatic rings. The molecule has 1 fully saturated rings. The van der Waals surface area contributed by atoms with Crippen molar-refractivity contribution in [3.8, 4) is 5.75 Å². The number of fused-ring (bicyclic) bond motifs is 1. The number of allylic oxidation sites excluding steroid dienone is 1. The second kappa shape index (κ2) is 11.5. The lowest BCUT2D eigenvalue weighted by atomic mass is 9.93. The van der Waals surface area contributed by atoms with E-state index in [2.05, 4.69) is 60.1 Å². The van der Waals surface area contributed by atoms with Crippen LogP contribution in [0.25, 0.3) is 10.8 Å². The third-order valence-electron chi connectivity index (χ3n) is 4.80. The molecule has 2 aromatic carbocycles. The van der Waals surface area contributed by atoms with Gasteiger partial charge in [0.05, 0.1) is 6.61 Å². The minimum atomic E-state index is 0. The van der Waals surface area contributed by atoms with Crippen LogP contribution in [0.4, 0.5) is 0 Å². The molecule has 3 rings (SSSR count). The first-order chi connectivity index (χ1) is 11.8. The Morgan fingerprint density at radius 2 is 1.88 bits per heavy atom. The van der Waals surface area contributed by atoms with E-state index in [1.165, 1.54) is 16.3 Å². The lowest BCUT2D eigenvalue weighted by molar-refractivity contribution is 0.163. The number of ether oxygens (including phenoxy) is 1. The lowest BCUT2D eigenvalue weighted by Gasteiger charge is -2.36. The monoisotopic (exact) mass is 396 g/mol. The maximum absolute atomic E-state index is 6.03. The molecule has 0 aliphatic carbocycles. The van der Waals surface area contributed by atoms with Crippen molar-refractivity contribution in [2.75, 3.05) is 32.8 Å². The SMILES string of the molecule is C=CCC[C@@H](c1c(OCC)ccc2ccccc12)N1CCNCC1.Cl.Cl.